The molecule has 2 heteroatoms. The predicted octanol–water partition coefficient (Wildman–Crippen LogP) is 4.93. The minimum absolute atomic E-state index is 0.791. The average molecular weight is 253 g/mol. The van der Waals surface area contributed by atoms with Crippen LogP contribution in [0.25, 0.3) is 0 Å². The fourth-order valence-corrected chi connectivity index (χ4v) is 3.85. The largest absolute Gasteiger partial charge is 0.290 e. The molecule has 0 amide bonds. The highest BCUT2D eigenvalue weighted by atomic mass is 32.2. The van der Waals surface area contributed by atoms with Crippen molar-refractivity contribution < 1.29 is 0 Å². The summed E-state index contributed by atoms with van der Waals surface area (Å²) in [7, 11) is 1.87. The van der Waals surface area contributed by atoms with Crippen LogP contribution in [0.3, 0.4) is 0 Å². The molecule has 1 fully saturated rings. The molecule has 1 unspecified atom stereocenters. The lowest BCUT2D eigenvalue weighted by Crippen LogP contribution is -2.23. The third kappa shape index (κ3) is 5.29. The van der Waals surface area contributed by atoms with Crippen molar-refractivity contribution in [2.24, 2.45) is 16.8 Å². The minimum Gasteiger partial charge on any atom is -0.290 e. The molecular weight excluding hydrogens is 226 g/mol. The molecule has 0 heterocycles. The van der Waals surface area contributed by atoms with Crippen LogP contribution >= 0.6 is 11.8 Å². The minimum atomic E-state index is 0.791. The Hall–Kier alpha value is -0.240. The Morgan fingerprint density at radius 1 is 1.35 bits per heavy atom. The van der Waals surface area contributed by atoms with Crippen molar-refractivity contribution in [2.75, 3.05) is 7.05 Å². The van der Waals surface area contributed by atoms with E-state index in [2.05, 4.69) is 24.6 Å². The molecule has 17 heavy (non-hydrogen) atoms. The second-order valence-corrected chi connectivity index (χ2v) is 6.18. The van der Waals surface area contributed by atoms with Gasteiger partial charge in [-0.1, -0.05) is 25.8 Å². The molecule has 0 N–H and O–H groups in total. The van der Waals surface area contributed by atoms with Crippen LogP contribution < -0.4 is 0 Å². The fraction of sp³-hybridized carbons (Fsp3) is 0.800. The van der Waals surface area contributed by atoms with Crippen LogP contribution in [0, 0.1) is 11.8 Å². The Morgan fingerprint density at radius 2 is 2.06 bits per heavy atom. The predicted molar refractivity (Wildman–Crippen MR) is 81.0 cm³/mol. The van der Waals surface area contributed by atoms with Crippen molar-refractivity contribution in [1.82, 2.24) is 0 Å². The Bertz CT molecular complexity index is 229. The summed E-state index contributed by atoms with van der Waals surface area (Å²) in [6.07, 6.45) is 11.6. The number of rotatable bonds is 7. The first kappa shape index (κ1) is 14.8. The van der Waals surface area contributed by atoms with Gasteiger partial charge >= 0.3 is 0 Å². The van der Waals surface area contributed by atoms with Gasteiger partial charge in [0.1, 0.15) is 0 Å². The monoisotopic (exact) mass is 253 g/mol. The highest BCUT2D eigenvalue weighted by Crippen LogP contribution is 2.37. The molecule has 98 valence electrons. The summed E-state index contributed by atoms with van der Waals surface area (Å²) in [4.78, 5) is 4.10. The number of thioether (sulfide) groups is 1. The molecule has 1 aliphatic rings. The van der Waals surface area contributed by atoms with Crippen molar-refractivity contribution in [3.05, 3.63) is 12.7 Å². The molecule has 0 spiro atoms. The first-order valence-corrected chi connectivity index (χ1v) is 7.93. The highest BCUT2D eigenvalue weighted by molar-refractivity contribution is 8.12. The van der Waals surface area contributed by atoms with Gasteiger partial charge in [-0.3, -0.25) is 4.99 Å². The van der Waals surface area contributed by atoms with Gasteiger partial charge in [0.05, 0.1) is 5.55 Å². The van der Waals surface area contributed by atoms with Gasteiger partial charge in [-0.2, -0.15) is 0 Å². The zero-order valence-electron chi connectivity index (χ0n) is 11.4. The van der Waals surface area contributed by atoms with Gasteiger partial charge in [-0.15, -0.1) is 18.3 Å². The van der Waals surface area contributed by atoms with Crippen molar-refractivity contribution in [2.45, 2.75) is 57.1 Å². The fourth-order valence-electron chi connectivity index (χ4n) is 2.88. The van der Waals surface area contributed by atoms with Gasteiger partial charge in [-0.25, -0.2) is 0 Å². The lowest BCUT2D eigenvalue weighted by molar-refractivity contribution is 0.258. The van der Waals surface area contributed by atoms with Crippen LogP contribution in [0.2, 0.25) is 0 Å². The molecule has 0 aromatic heterocycles. The van der Waals surface area contributed by atoms with E-state index in [1.165, 1.54) is 44.9 Å². The van der Waals surface area contributed by atoms with Crippen molar-refractivity contribution in [3.63, 3.8) is 0 Å². The smallest absolute Gasteiger partial charge is 0.0540 e. The molecule has 1 atom stereocenters. The van der Waals surface area contributed by atoms with Crippen LogP contribution in [0.1, 0.15) is 51.9 Å². The molecule has 1 nitrogen and oxygen atoms in total. The Morgan fingerprint density at radius 3 is 2.59 bits per heavy atom. The first-order valence-electron chi connectivity index (χ1n) is 6.98. The third-order valence-electron chi connectivity index (χ3n) is 3.94. The van der Waals surface area contributed by atoms with E-state index in [9.17, 15) is 0 Å². The molecule has 1 saturated carbocycles. The quantitative estimate of drug-likeness (QED) is 0.356. The normalized spacial score (nSPS) is 27.2. The molecule has 0 aliphatic heterocycles. The first-order chi connectivity index (χ1) is 8.31. The number of hydrogen-bond acceptors (Lipinski definition) is 2. The molecule has 0 radical (unpaired) electrons. The SMILES string of the molecule is C=CCCC1CCC(C(CC)SC=NC)CC1. The van der Waals surface area contributed by atoms with Gasteiger partial charge in [0, 0.05) is 12.3 Å². The van der Waals surface area contributed by atoms with Gasteiger partial charge < -0.3 is 0 Å². The number of allylic oxidation sites excluding steroid dienone is 1. The highest BCUT2D eigenvalue weighted by Gasteiger charge is 2.26. The van der Waals surface area contributed by atoms with Crippen LogP contribution in [-0.4, -0.2) is 17.8 Å². The van der Waals surface area contributed by atoms with E-state index in [-0.39, 0.29) is 0 Å². The molecule has 1 rings (SSSR count). The van der Waals surface area contributed by atoms with Gasteiger partial charge in [0.2, 0.25) is 0 Å². The van der Waals surface area contributed by atoms with Gasteiger partial charge in [-0.05, 0) is 43.9 Å². The third-order valence-corrected chi connectivity index (χ3v) is 5.34. The summed E-state index contributed by atoms with van der Waals surface area (Å²) in [5.74, 6) is 1.88. The van der Waals surface area contributed by atoms with Crippen LogP contribution in [0.5, 0.6) is 0 Å². The zero-order chi connectivity index (χ0) is 12.5. The van der Waals surface area contributed by atoms with E-state index < -0.39 is 0 Å². The number of aliphatic imine (C=N–C) groups is 1. The summed E-state index contributed by atoms with van der Waals surface area (Å²) < 4.78 is 0. The maximum atomic E-state index is 4.10. The Balaban J connectivity index is 2.30. The van der Waals surface area contributed by atoms with E-state index in [0.717, 1.165) is 17.1 Å². The Labute approximate surface area is 111 Å². The number of nitrogens with zero attached hydrogens (tertiary/aromatic N) is 1. The van der Waals surface area contributed by atoms with Crippen molar-refractivity contribution in [3.8, 4) is 0 Å². The maximum Gasteiger partial charge on any atom is 0.0540 e. The lowest BCUT2D eigenvalue weighted by Gasteiger charge is -2.32. The standard InChI is InChI=1S/C15H27NS/c1-4-6-7-13-8-10-14(11-9-13)15(5-2)17-12-16-3/h4,12-15H,1,5-11H2,2-3H3. The summed E-state index contributed by atoms with van der Waals surface area (Å²) in [6.45, 7) is 6.13. The summed E-state index contributed by atoms with van der Waals surface area (Å²) >= 11 is 1.94. The molecular formula is C15H27NS. The summed E-state index contributed by atoms with van der Waals surface area (Å²) in [5, 5.41) is 0.791. The maximum absolute atomic E-state index is 4.10. The van der Waals surface area contributed by atoms with E-state index in [4.69, 9.17) is 0 Å². The van der Waals surface area contributed by atoms with E-state index in [1.54, 1.807) is 0 Å². The molecule has 0 bridgehead atoms. The van der Waals surface area contributed by atoms with Crippen molar-refractivity contribution >= 4 is 17.3 Å². The van der Waals surface area contributed by atoms with Crippen LogP contribution in [0.4, 0.5) is 0 Å². The van der Waals surface area contributed by atoms with Crippen molar-refractivity contribution in [1.29, 1.82) is 0 Å². The topological polar surface area (TPSA) is 12.4 Å². The van der Waals surface area contributed by atoms with Gasteiger partial charge in [0.15, 0.2) is 0 Å². The van der Waals surface area contributed by atoms with Gasteiger partial charge in [0.25, 0.3) is 0 Å². The second kappa shape index (κ2) is 8.79. The van der Waals surface area contributed by atoms with E-state index in [1.807, 2.05) is 24.4 Å². The van der Waals surface area contributed by atoms with E-state index >= 15 is 0 Å². The Kier molecular flexibility index (Phi) is 7.67. The molecule has 1 aliphatic carbocycles. The molecule has 0 aromatic carbocycles. The average Bonchev–Trinajstić information content (AvgIpc) is 2.38. The lowest BCUT2D eigenvalue weighted by atomic mass is 9.78. The van der Waals surface area contributed by atoms with Crippen LogP contribution in [-0.2, 0) is 0 Å². The number of hydrogen-bond donors (Lipinski definition) is 0. The molecule has 0 aromatic rings. The summed E-state index contributed by atoms with van der Waals surface area (Å²) in [5.41, 5.74) is 2.03. The second-order valence-electron chi connectivity index (χ2n) is 5.09. The zero-order valence-corrected chi connectivity index (χ0v) is 12.2. The summed E-state index contributed by atoms with van der Waals surface area (Å²) in [6, 6.07) is 0. The molecule has 0 saturated heterocycles. The van der Waals surface area contributed by atoms with Crippen LogP contribution in [0.15, 0.2) is 17.6 Å². The van der Waals surface area contributed by atoms with E-state index in [0.29, 0.717) is 0 Å².